The van der Waals surface area contributed by atoms with Crippen LogP contribution in [0, 0.1) is 0 Å². The molecule has 5 rings (SSSR count). The van der Waals surface area contributed by atoms with Crippen molar-refractivity contribution in [3.63, 3.8) is 0 Å². The summed E-state index contributed by atoms with van der Waals surface area (Å²) in [6, 6.07) is 10.5. The second kappa shape index (κ2) is 8.00. The molecule has 3 heterocycles. The van der Waals surface area contributed by atoms with Crippen LogP contribution in [0.25, 0.3) is 0 Å². The van der Waals surface area contributed by atoms with Gasteiger partial charge in [0.25, 0.3) is 5.91 Å². The van der Waals surface area contributed by atoms with E-state index in [9.17, 15) is 4.79 Å². The van der Waals surface area contributed by atoms with Crippen LogP contribution in [0.15, 0.2) is 30.3 Å². The van der Waals surface area contributed by atoms with Crippen molar-refractivity contribution in [2.24, 2.45) is 0 Å². The molecule has 1 aromatic heterocycles. The molecule has 0 spiro atoms. The van der Waals surface area contributed by atoms with Crippen LogP contribution < -0.4 is 4.90 Å². The van der Waals surface area contributed by atoms with Crippen molar-refractivity contribution in [2.45, 2.75) is 37.6 Å². The van der Waals surface area contributed by atoms with Crippen molar-refractivity contribution >= 4 is 23.2 Å². The fourth-order valence-corrected chi connectivity index (χ4v) is 4.85. The Labute approximate surface area is 176 Å². The number of carbonyl (C=O) groups excluding carboxylic acids is 1. The Morgan fingerprint density at radius 1 is 1.07 bits per heavy atom. The zero-order chi connectivity index (χ0) is 19.8. The molecule has 7 heteroatoms. The predicted molar refractivity (Wildman–Crippen MR) is 115 cm³/mol. The standard InChI is InChI=1S/C22H28ClN5O/c23-17-3-1-4-18(13-17)26-9-11-27(12-10-26)19-5-2-8-28(15-19)22(29)21-14-20(24-25-21)16-6-7-16/h1,3-4,13-14,16,19H,2,5-12,15H2,(H,24,25). The highest BCUT2D eigenvalue weighted by Gasteiger charge is 2.32. The number of piperazine rings is 1. The van der Waals surface area contributed by atoms with Gasteiger partial charge in [-0.2, -0.15) is 5.10 Å². The van der Waals surface area contributed by atoms with E-state index < -0.39 is 0 Å². The lowest BCUT2D eigenvalue weighted by Crippen LogP contribution is -2.55. The number of anilines is 1. The highest BCUT2D eigenvalue weighted by atomic mass is 35.5. The molecule has 2 saturated heterocycles. The molecular weight excluding hydrogens is 386 g/mol. The van der Waals surface area contributed by atoms with Crippen molar-refractivity contribution < 1.29 is 4.79 Å². The van der Waals surface area contributed by atoms with Gasteiger partial charge < -0.3 is 9.80 Å². The van der Waals surface area contributed by atoms with Crippen LogP contribution in [-0.4, -0.2) is 71.2 Å². The van der Waals surface area contributed by atoms with Crippen LogP contribution in [-0.2, 0) is 0 Å². The van der Waals surface area contributed by atoms with E-state index in [1.165, 1.54) is 18.5 Å². The third-order valence-corrected chi connectivity index (χ3v) is 6.76. The average Bonchev–Trinajstić information content (AvgIpc) is 3.50. The number of hydrogen-bond acceptors (Lipinski definition) is 4. The Bertz CT molecular complexity index is 872. The lowest BCUT2D eigenvalue weighted by Gasteiger charge is -2.43. The Kier molecular flexibility index (Phi) is 5.22. The summed E-state index contributed by atoms with van der Waals surface area (Å²) in [5, 5.41) is 8.14. The first-order valence-corrected chi connectivity index (χ1v) is 11.1. The van der Waals surface area contributed by atoms with Crippen molar-refractivity contribution in [3.8, 4) is 0 Å². The maximum Gasteiger partial charge on any atom is 0.274 e. The number of carbonyl (C=O) groups is 1. The van der Waals surface area contributed by atoms with Crippen LogP contribution in [0.3, 0.4) is 0 Å². The summed E-state index contributed by atoms with van der Waals surface area (Å²) in [6.07, 6.45) is 4.64. The summed E-state index contributed by atoms with van der Waals surface area (Å²) in [5.74, 6) is 0.671. The summed E-state index contributed by atoms with van der Waals surface area (Å²) in [7, 11) is 0. The Hall–Kier alpha value is -2.05. The van der Waals surface area contributed by atoms with Crippen LogP contribution in [0.1, 0.15) is 47.8 Å². The van der Waals surface area contributed by atoms with Gasteiger partial charge in [-0.05, 0) is 49.9 Å². The van der Waals surface area contributed by atoms with Crippen LogP contribution >= 0.6 is 11.6 Å². The minimum Gasteiger partial charge on any atom is -0.369 e. The average molecular weight is 414 g/mol. The summed E-state index contributed by atoms with van der Waals surface area (Å²) in [6.45, 7) is 5.68. The van der Waals surface area contributed by atoms with Crippen molar-refractivity contribution in [1.29, 1.82) is 0 Å². The summed E-state index contributed by atoms with van der Waals surface area (Å²) >= 11 is 6.15. The Balaban J connectivity index is 1.18. The number of likely N-dealkylation sites (tertiary alicyclic amines) is 1. The first kappa shape index (κ1) is 18.9. The van der Waals surface area contributed by atoms with Gasteiger partial charge in [0.05, 0.1) is 0 Å². The molecule has 3 fully saturated rings. The summed E-state index contributed by atoms with van der Waals surface area (Å²) in [5.41, 5.74) is 2.90. The molecule has 1 amide bonds. The molecule has 1 aromatic carbocycles. The molecule has 1 atom stereocenters. The summed E-state index contributed by atoms with van der Waals surface area (Å²) < 4.78 is 0. The maximum absolute atomic E-state index is 13.0. The van der Waals surface area contributed by atoms with Crippen LogP contribution in [0.2, 0.25) is 5.02 Å². The number of rotatable bonds is 4. The number of nitrogens with zero attached hydrogens (tertiary/aromatic N) is 4. The van der Waals surface area contributed by atoms with E-state index in [0.717, 1.165) is 62.8 Å². The molecule has 29 heavy (non-hydrogen) atoms. The molecule has 2 aromatic rings. The molecule has 2 aliphatic heterocycles. The normalized spacial score (nSPS) is 23.4. The van der Waals surface area contributed by atoms with Crippen LogP contribution in [0.4, 0.5) is 5.69 Å². The third kappa shape index (κ3) is 4.14. The first-order chi connectivity index (χ1) is 14.2. The molecule has 1 unspecified atom stereocenters. The molecule has 0 bridgehead atoms. The summed E-state index contributed by atoms with van der Waals surface area (Å²) in [4.78, 5) is 19.9. The third-order valence-electron chi connectivity index (χ3n) is 6.52. The molecule has 1 aliphatic carbocycles. The number of hydrogen-bond donors (Lipinski definition) is 1. The van der Waals surface area contributed by atoms with Gasteiger partial charge in [-0.3, -0.25) is 14.8 Å². The second-order valence-corrected chi connectivity index (χ2v) is 8.97. The van der Waals surface area contributed by atoms with Gasteiger partial charge in [-0.15, -0.1) is 0 Å². The molecule has 1 saturated carbocycles. The number of piperidine rings is 1. The van der Waals surface area contributed by atoms with E-state index in [-0.39, 0.29) is 5.91 Å². The fraction of sp³-hybridized carbons (Fsp3) is 0.545. The topological polar surface area (TPSA) is 55.5 Å². The SMILES string of the molecule is O=C(c1cc(C2CC2)[nH]n1)N1CCCC(N2CCN(c3cccc(Cl)c3)CC2)C1. The lowest BCUT2D eigenvalue weighted by atomic mass is 10.0. The highest BCUT2D eigenvalue weighted by Crippen LogP contribution is 2.39. The molecule has 1 N–H and O–H groups in total. The number of benzene rings is 1. The van der Waals surface area contributed by atoms with E-state index in [1.54, 1.807) is 0 Å². The Morgan fingerprint density at radius 3 is 2.66 bits per heavy atom. The minimum atomic E-state index is 0.0791. The number of H-pyrrole nitrogens is 1. The highest BCUT2D eigenvalue weighted by molar-refractivity contribution is 6.30. The van der Waals surface area contributed by atoms with Gasteiger partial charge in [-0.1, -0.05) is 17.7 Å². The zero-order valence-electron chi connectivity index (χ0n) is 16.7. The van der Waals surface area contributed by atoms with E-state index in [1.807, 2.05) is 29.2 Å². The minimum absolute atomic E-state index is 0.0791. The van der Waals surface area contributed by atoms with E-state index in [0.29, 0.717) is 17.7 Å². The van der Waals surface area contributed by atoms with Crippen molar-refractivity contribution in [3.05, 3.63) is 46.7 Å². The second-order valence-electron chi connectivity index (χ2n) is 8.53. The monoisotopic (exact) mass is 413 g/mol. The fourth-order valence-electron chi connectivity index (χ4n) is 4.67. The number of aromatic amines is 1. The van der Waals surface area contributed by atoms with E-state index >= 15 is 0 Å². The number of amides is 1. The Morgan fingerprint density at radius 2 is 1.90 bits per heavy atom. The molecule has 154 valence electrons. The number of nitrogens with one attached hydrogen (secondary N) is 1. The quantitative estimate of drug-likeness (QED) is 0.834. The molecule has 6 nitrogen and oxygen atoms in total. The molecule has 3 aliphatic rings. The number of aromatic nitrogens is 2. The van der Waals surface area contributed by atoms with Gasteiger partial charge in [0.15, 0.2) is 0 Å². The van der Waals surface area contributed by atoms with Crippen molar-refractivity contribution in [2.75, 3.05) is 44.2 Å². The van der Waals surface area contributed by atoms with Gasteiger partial charge in [0.1, 0.15) is 5.69 Å². The first-order valence-electron chi connectivity index (χ1n) is 10.8. The van der Waals surface area contributed by atoms with E-state index in [2.05, 4.69) is 26.1 Å². The lowest BCUT2D eigenvalue weighted by molar-refractivity contribution is 0.0558. The number of halogens is 1. The van der Waals surface area contributed by atoms with Crippen LogP contribution in [0.5, 0.6) is 0 Å². The van der Waals surface area contributed by atoms with Crippen molar-refractivity contribution in [1.82, 2.24) is 20.0 Å². The van der Waals surface area contributed by atoms with E-state index in [4.69, 9.17) is 11.6 Å². The van der Waals surface area contributed by atoms with Gasteiger partial charge in [-0.25, -0.2) is 0 Å². The predicted octanol–water partition coefficient (Wildman–Crippen LogP) is 3.37. The smallest absolute Gasteiger partial charge is 0.274 e. The van der Waals surface area contributed by atoms with Gasteiger partial charge >= 0.3 is 0 Å². The zero-order valence-corrected chi connectivity index (χ0v) is 17.4. The molecular formula is C22H28ClN5O. The van der Waals surface area contributed by atoms with Gasteiger partial charge in [0, 0.05) is 67.6 Å². The maximum atomic E-state index is 13.0. The largest absolute Gasteiger partial charge is 0.369 e. The van der Waals surface area contributed by atoms with Gasteiger partial charge in [0.2, 0.25) is 0 Å². The molecule has 0 radical (unpaired) electrons.